The van der Waals surface area contributed by atoms with E-state index in [2.05, 4.69) is 13.8 Å². The van der Waals surface area contributed by atoms with Gasteiger partial charge < -0.3 is 0 Å². The van der Waals surface area contributed by atoms with Crippen molar-refractivity contribution in [2.45, 2.75) is 69.3 Å². The van der Waals surface area contributed by atoms with Crippen LogP contribution >= 0.6 is 0 Å². The van der Waals surface area contributed by atoms with Crippen molar-refractivity contribution >= 4 is 16.6 Å². The number of Topliss-reactive ketones (excluding diaryl/α,β-unsaturated/α-hetero) is 1. The molecule has 2 fully saturated rings. The van der Waals surface area contributed by atoms with Crippen molar-refractivity contribution in [3.8, 4) is 0 Å². The van der Waals surface area contributed by atoms with Gasteiger partial charge in [0, 0.05) is 33.6 Å². The minimum absolute atomic E-state index is 0.228. The molecule has 3 heteroatoms. The maximum absolute atomic E-state index is 12.3. The molecule has 0 aromatic rings. The number of hydrogen-bond acceptors (Lipinski definition) is 2. The van der Waals surface area contributed by atoms with Gasteiger partial charge in [0.1, 0.15) is 5.78 Å². The second-order valence-corrected chi connectivity index (χ2v) is 7.66. The van der Waals surface area contributed by atoms with Gasteiger partial charge in [0.05, 0.1) is 0 Å². The summed E-state index contributed by atoms with van der Waals surface area (Å²) in [7, 11) is -0.624. The highest BCUT2D eigenvalue weighted by Crippen LogP contribution is 2.39. The van der Waals surface area contributed by atoms with Crippen molar-refractivity contribution in [2.75, 3.05) is 0 Å². The van der Waals surface area contributed by atoms with E-state index in [9.17, 15) is 9.00 Å². The van der Waals surface area contributed by atoms with E-state index in [0.717, 1.165) is 44.9 Å². The van der Waals surface area contributed by atoms with E-state index < -0.39 is 10.8 Å². The van der Waals surface area contributed by atoms with Crippen LogP contribution in [0.3, 0.4) is 0 Å². The monoisotopic (exact) mass is 256 g/mol. The highest BCUT2D eigenvalue weighted by atomic mass is 32.2. The zero-order valence-corrected chi connectivity index (χ0v) is 11.8. The van der Waals surface area contributed by atoms with E-state index in [1.165, 1.54) is 0 Å². The van der Waals surface area contributed by atoms with E-state index in [1.807, 2.05) is 0 Å². The second-order valence-electron chi connectivity index (χ2n) is 5.67. The Labute approximate surface area is 107 Å². The van der Waals surface area contributed by atoms with E-state index in [0.29, 0.717) is 22.2 Å². The largest absolute Gasteiger partial charge is 0.299 e. The van der Waals surface area contributed by atoms with Crippen LogP contribution < -0.4 is 0 Å². The number of carbonyl (C=O) groups is 1. The Kier molecular flexibility index (Phi) is 4.40. The van der Waals surface area contributed by atoms with Gasteiger partial charge in [-0.3, -0.25) is 9.00 Å². The van der Waals surface area contributed by atoms with Crippen LogP contribution in [0.15, 0.2) is 0 Å². The lowest BCUT2D eigenvalue weighted by Crippen LogP contribution is -2.32. The lowest BCUT2D eigenvalue weighted by Gasteiger charge is -2.27. The fourth-order valence-corrected chi connectivity index (χ4v) is 5.45. The maximum atomic E-state index is 12.3. The molecule has 17 heavy (non-hydrogen) atoms. The predicted molar refractivity (Wildman–Crippen MR) is 71.4 cm³/mol. The Bertz CT molecular complexity index is 293. The summed E-state index contributed by atoms with van der Waals surface area (Å²) < 4.78 is 11.9. The summed E-state index contributed by atoms with van der Waals surface area (Å²) in [6, 6.07) is 0. The number of fused-ring (bicyclic) bond motifs is 2. The first-order valence-corrected chi connectivity index (χ1v) is 8.35. The molecule has 0 aromatic carbocycles. The standard InChI is InChI=1S/C14H24O2S/c1-3-10(4-2)7-14(15)11-8-12-5-6-13(9-11)17(12)16/h10-13H,3-9H2,1-2H3. The molecule has 2 bridgehead atoms. The molecule has 0 aromatic heterocycles. The number of ketones is 1. The van der Waals surface area contributed by atoms with Gasteiger partial charge in [0.2, 0.25) is 0 Å². The smallest absolute Gasteiger partial charge is 0.136 e. The average molecular weight is 256 g/mol. The van der Waals surface area contributed by atoms with Crippen LogP contribution in [0.4, 0.5) is 0 Å². The van der Waals surface area contributed by atoms with Crippen LogP contribution in [0, 0.1) is 11.8 Å². The molecule has 2 unspecified atom stereocenters. The lowest BCUT2D eigenvalue weighted by molar-refractivity contribution is -0.124. The molecule has 2 rings (SSSR count). The topological polar surface area (TPSA) is 34.1 Å². The van der Waals surface area contributed by atoms with Crippen LogP contribution in [0.1, 0.15) is 58.8 Å². The molecule has 2 nitrogen and oxygen atoms in total. The molecule has 0 amide bonds. The first kappa shape index (κ1) is 13.3. The van der Waals surface area contributed by atoms with Crippen LogP contribution in [-0.2, 0) is 15.6 Å². The summed E-state index contributed by atoms with van der Waals surface area (Å²) in [5.41, 5.74) is 0. The normalized spacial score (nSPS) is 36.4. The van der Waals surface area contributed by atoms with Crippen LogP contribution in [0.2, 0.25) is 0 Å². The molecule has 2 aliphatic rings. The van der Waals surface area contributed by atoms with Crippen molar-refractivity contribution in [1.82, 2.24) is 0 Å². The Morgan fingerprint density at radius 1 is 1.18 bits per heavy atom. The number of hydrogen-bond donors (Lipinski definition) is 0. The first-order chi connectivity index (χ1) is 8.15. The number of rotatable bonds is 5. The Hall–Kier alpha value is -0.180. The molecule has 98 valence electrons. The molecule has 2 saturated heterocycles. The third-order valence-corrected chi connectivity index (χ3v) is 6.83. The summed E-state index contributed by atoms with van der Waals surface area (Å²) in [6.07, 6.45) is 6.95. The van der Waals surface area contributed by atoms with Crippen LogP contribution in [-0.4, -0.2) is 20.5 Å². The van der Waals surface area contributed by atoms with Crippen LogP contribution in [0.5, 0.6) is 0 Å². The van der Waals surface area contributed by atoms with E-state index >= 15 is 0 Å². The van der Waals surface area contributed by atoms with Crippen molar-refractivity contribution in [2.24, 2.45) is 11.8 Å². The van der Waals surface area contributed by atoms with Crippen molar-refractivity contribution in [3.05, 3.63) is 0 Å². The van der Waals surface area contributed by atoms with Gasteiger partial charge in [0.25, 0.3) is 0 Å². The van der Waals surface area contributed by atoms with Gasteiger partial charge in [-0.05, 0) is 31.6 Å². The molecule has 2 atom stereocenters. The summed E-state index contributed by atoms with van der Waals surface area (Å²) in [4.78, 5) is 12.3. The van der Waals surface area contributed by atoms with Gasteiger partial charge in [-0.2, -0.15) is 0 Å². The summed E-state index contributed by atoms with van der Waals surface area (Å²) in [5, 5.41) is 0.675. The third kappa shape index (κ3) is 2.81. The minimum Gasteiger partial charge on any atom is -0.299 e. The molecule has 0 N–H and O–H groups in total. The molecule has 2 aliphatic heterocycles. The lowest BCUT2D eigenvalue weighted by atomic mass is 9.87. The SMILES string of the molecule is CCC(CC)CC(=O)C1CC2CCC(C1)S2=O. The fraction of sp³-hybridized carbons (Fsp3) is 0.929. The highest BCUT2D eigenvalue weighted by molar-refractivity contribution is 7.86. The van der Waals surface area contributed by atoms with Crippen LogP contribution in [0.25, 0.3) is 0 Å². The Morgan fingerprint density at radius 2 is 1.71 bits per heavy atom. The van der Waals surface area contributed by atoms with E-state index in [1.54, 1.807) is 0 Å². The molecule has 0 radical (unpaired) electrons. The van der Waals surface area contributed by atoms with E-state index in [4.69, 9.17) is 0 Å². The molecule has 0 spiro atoms. The highest BCUT2D eigenvalue weighted by Gasteiger charge is 2.42. The fourth-order valence-electron chi connectivity index (χ4n) is 3.32. The summed E-state index contributed by atoms with van der Waals surface area (Å²) in [5.74, 6) is 1.24. The van der Waals surface area contributed by atoms with Gasteiger partial charge in [-0.1, -0.05) is 26.7 Å². The van der Waals surface area contributed by atoms with E-state index in [-0.39, 0.29) is 5.92 Å². The number of carbonyl (C=O) groups excluding carboxylic acids is 1. The van der Waals surface area contributed by atoms with Gasteiger partial charge >= 0.3 is 0 Å². The van der Waals surface area contributed by atoms with Gasteiger partial charge in [-0.25, -0.2) is 0 Å². The Balaban J connectivity index is 1.91. The molecule has 2 heterocycles. The predicted octanol–water partition coefficient (Wildman–Crippen LogP) is 3.07. The maximum Gasteiger partial charge on any atom is 0.136 e. The molecular formula is C14H24O2S. The summed E-state index contributed by atoms with van der Waals surface area (Å²) in [6.45, 7) is 4.34. The zero-order chi connectivity index (χ0) is 12.4. The second kappa shape index (κ2) is 5.64. The summed E-state index contributed by atoms with van der Waals surface area (Å²) >= 11 is 0. The quantitative estimate of drug-likeness (QED) is 0.757. The first-order valence-electron chi connectivity index (χ1n) is 7.07. The zero-order valence-electron chi connectivity index (χ0n) is 11.0. The average Bonchev–Trinajstić information content (AvgIpc) is 2.58. The van der Waals surface area contributed by atoms with Crippen molar-refractivity contribution in [1.29, 1.82) is 0 Å². The van der Waals surface area contributed by atoms with Crippen molar-refractivity contribution in [3.63, 3.8) is 0 Å². The molecule has 0 aliphatic carbocycles. The molecular weight excluding hydrogens is 232 g/mol. The third-order valence-electron chi connectivity index (χ3n) is 4.66. The van der Waals surface area contributed by atoms with Crippen molar-refractivity contribution < 1.29 is 9.00 Å². The van der Waals surface area contributed by atoms with Gasteiger partial charge in [-0.15, -0.1) is 0 Å². The van der Waals surface area contributed by atoms with Gasteiger partial charge in [0.15, 0.2) is 0 Å². The molecule has 0 saturated carbocycles. The Morgan fingerprint density at radius 3 is 2.18 bits per heavy atom. The minimum atomic E-state index is -0.624.